The van der Waals surface area contributed by atoms with Crippen molar-refractivity contribution in [3.8, 4) is 0 Å². The second kappa shape index (κ2) is 5.95. The van der Waals surface area contributed by atoms with Crippen LogP contribution in [0.25, 0.3) is 0 Å². The van der Waals surface area contributed by atoms with E-state index >= 15 is 0 Å². The highest BCUT2D eigenvalue weighted by atomic mass is 32.1. The average Bonchev–Trinajstić information content (AvgIpc) is 2.90. The monoisotopic (exact) mass is 250 g/mol. The van der Waals surface area contributed by atoms with Gasteiger partial charge in [-0.3, -0.25) is 0 Å². The van der Waals surface area contributed by atoms with Crippen molar-refractivity contribution in [2.75, 3.05) is 6.54 Å². The third-order valence-electron chi connectivity index (χ3n) is 2.63. The molecule has 0 radical (unpaired) electrons. The largest absolute Gasteiger partial charge is 0.336 e. The van der Waals surface area contributed by atoms with E-state index in [1.54, 1.807) is 11.3 Å². The van der Waals surface area contributed by atoms with Crippen molar-refractivity contribution < 1.29 is 0 Å². The maximum absolute atomic E-state index is 5.49. The molecule has 0 atom stereocenters. The van der Waals surface area contributed by atoms with E-state index in [4.69, 9.17) is 5.73 Å². The molecule has 0 fully saturated rings. The van der Waals surface area contributed by atoms with Gasteiger partial charge in [-0.25, -0.2) is 4.98 Å². The first-order valence-corrected chi connectivity index (χ1v) is 6.62. The molecule has 3 N–H and O–H groups in total. The van der Waals surface area contributed by atoms with Crippen LogP contribution < -0.4 is 11.1 Å². The van der Waals surface area contributed by atoms with Gasteiger partial charge < -0.3 is 15.6 Å². The second-order valence-corrected chi connectivity index (χ2v) is 5.02. The van der Waals surface area contributed by atoms with Crippen LogP contribution in [-0.2, 0) is 19.6 Å². The summed E-state index contributed by atoms with van der Waals surface area (Å²) in [5.41, 5.74) is 7.91. The minimum atomic E-state index is 0.650. The van der Waals surface area contributed by atoms with Gasteiger partial charge in [0, 0.05) is 37.3 Å². The fourth-order valence-electron chi connectivity index (χ4n) is 1.66. The van der Waals surface area contributed by atoms with E-state index < -0.39 is 0 Å². The molecular weight excluding hydrogens is 232 g/mol. The van der Waals surface area contributed by atoms with Crippen LogP contribution in [0.2, 0.25) is 0 Å². The summed E-state index contributed by atoms with van der Waals surface area (Å²) in [6.45, 7) is 5.33. The SMILES string of the molecule is Cc1ccsc1CNCc1cn(CCN)cn1. The topological polar surface area (TPSA) is 55.9 Å². The first-order chi connectivity index (χ1) is 8.29. The lowest BCUT2D eigenvalue weighted by Gasteiger charge is -2.01. The van der Waals surface area contributed by atoms with Crippen molar-refractivity contribution in [3.05, 3.63) is 40.1 Å². The van der Waals surface area contributed by atoms with Crippen molar-refractivity contribution in [1.29, 1.82) is 0 Å². The van der Waals surface area contributed by atoms with Gasteiger partial charge in [-0.15, -0.1) is 11.3 Å². The van der Waals surface area contributed by atoms with Crippen LogP contribution >= 0.6 is 11.3 Å². The molecule has 0 aromatic carbocycles. The molecule has 2 aromatic rings. The van der Waals surface area contributed by atoms with E-state index in [1.165, 1.54) is 10.4 Å². The summed E-state index contributed by atoms with van der Waals surface area (Å²) in [6, 6.07) is 2.15. The van der Waals surface area contributed by atoms with Crippen LogP contribution in [0.15, 0.2) is 24.0 Å². The minimum absolute atomic E-state index is 0.650. The zero-order valence-electron chi connectivity index (χ0n) is 10.0. The number of imidazole rings is 1. The number of rotatable bonds is 6. The summed E-state index contributed by atoms with van der Waals surface area (Å²) in [5.74, 6) is 0. The molecule has 92 valence electrons. The Hall–Kier alpha value is -1.17. The lowest BCUT2D eigenvalue weighted by Crippen LogP contribution is -2.12. The van der Waals surface area contributed by atoms with E-state index in [1.807, 2.05) is 17.1 Å². The molecule has 0 aliphatic rings. The van der Waals surface area contributed by atoms with Gasteiger partial charge in [-0.05, 0) is 23.9 Å². The standard InChI is InChI=1S/C12H18N4S/c1-10-2-5-17-12(10)7-14-6-11-8-16(4-3-13)9-15-11/h2,5,8-9,14H,3-4,6-7,13H2,1H3. The van der Waals surface area contributed by atoms with E-state index in [0.29, 0.717) is 6.54 Å². The number of nitrogens with zero attached hydrogens (tertiary/aromatic N) is 2. The van der Waals surface area contributed by atoms with Crippen LogP contribution in [0, 0.1) is 6.92 Å². The molecule has 0 bridgehead atoms. The normalized spacial score (nSPS) is 10.9. The second-order valence-electron chi connectivity index (χ2n) is 4.02. The summed E-state index contributed by atoms with van der Waals surface area (Å²) in [5, 5.41) is 5.53. The Labute approximate surface area is 105 Å². The predicted molar refractivity (Wildman–Crippen MR) is 70.9 cm³/mol. The molecule has 0 unspecified atom stereocenters. The number of aryl methyl sites for hydroxylation is 1. The van der Waals surface area contributed by atoms with Crippen LogP contribution in [0.5, 0.6) is 0 Å². The Bertz CT molecular complexity index is 461. The van der Waals surface area contributed by atoms with Crippen LogP contribution in [0.3, 0.4) is 0 Å². The quantitative estimate of drug-likeness (QED) is 0.817. The average molecular weight is 250 g/mol. The highest BCUT2D eigenvalue weighted by Crippen LogP contribution is 2.14. The number of nitrogens with one attached hydrogen (secondary N) is 1. The van der Waals surface area contributed by atoms with Gasteiger partial charge in [0.1, 0.15) is 0 Å². The number of hydrogen-bond donors (Lipinski definition) is 2. The zero-order valence-corrected chi connectivity index (χ0v) is 10.8. The minimum Gasteiger partial charge on any atom is -0.336 e. The molecule has 4 nitrogen and oxygen atoms in total. The van der Waals surface area contributed by atoms with E-state index in [9.17, 15) is 0 Å². The van der Waals surface area contributed by atoms with Crippen molar-refractivity contribution >= 4 is 11.3 Å². The summed E-state index contributed by atoms with van der Waals surface area (Å²) in [7, 11) is 0. The van der Waals surface area contributed by atoms with E-state index in [0.717, 1.165) is 25.3 Å². The van der Waals surface area contributed by atoms with Gasteiger partial charge in [-0.1, -0.05) is 0 Å². The first kappa shape index (κ1) is 12.3. The van der Waals surface area contributed by atoms with Crippen LogP contribution in [0.1, 0.15) is 16.1 Å². The van der Waals surface area contributed by atoms with Crippen molar-refractivity contribution in [2.24, 2.45) is 5.73 Å². The van der Waals surface area contributed by atoms with Gasteiger partial charge in [0.25, 0.3) is 0 Å². The van der Waals surface area contributed by atoms with Crippen molar-refractivity contribution in [2.45, 2.75) is 26.6 Å². The molecule has 0 saturated heterocycles. The lowest BCUT2D eigenvalue weighted by atomic mass is 10.3. The van der Waals surface area contributed by atoms with Crippen molar-refractivity contribution in [3.63, 3.8) is 0 Å². The van der Waals surface area contributed by atoms with Crippen LogP contribution in [0.4, 0.5) is 0 Å². The first-order valence-electron chi connectivity index (χ1n) is 5.74. The van der Waals surface area contributed by atoms with Gasteiger partial charge in [0.2, 0.25) is 0 Å². The molecule has 2 aromatic heterocycles. The number of aromatic nitrogens is 2. The Kier molecular flexibility index (Phi) is 4.30. The van der Waals surface area contributed by atoms with Gasteiger partial charge >= 0.3 is 0 Å². The summed E-state index contributed by atoms with van der Waals surface area (Å²) in [4.78, 5) is 5.72. The maximum atomic E-state index is 5.49. The van der Waals surface area contributed by atoms with E-state index in [2.05, 4.69) is 28.7 Å². The number of hydrogen-bond acceptors (Lipinski definition) is 4. The Morgan fingerprint density at radius 2 is 2.35 bits per heavy atom. The molecular formula is C12H18N4S. The molecule has 2 rings (SSSR count). The smallest absolute Gasteiger partial charge is 0.0950 e. The fraction of sp³-hybridized carbons (Fsp3) is 0.417. The third-order valence-corrected chi connectivity index (χ3v) is 3.66. The molecule has 17 heavy (non-hydrogen) atoms. The Balaban J connectivity index is 1.80. The molecule has 0 saturated carbocycles. The predicted octanol–water partition coefficient (Wildman–Crippen LogP) is 1.50. The highest BCUT2D eigenvalue weighted by molar-refractivity contribution is 7.10. The molecule has 5 heteroatoms. The van der Waals surface area contributed by atoms with Crippen molar-refractivity contribution in [1.82, 2.24) is 14.9 Å². The van der Waals surface area contributed by atoms with Gasteiger partial charge in [-0.2, -0.15) is 0 Å². The molecule has 0 amide bonds. The Morgan fingerprint density at radius 3 is 3.06 bits per heavy atom. The summed E-state index contributed by atoms with van der Waals surface area (Å²) in [6.07, 6.45) is 3.88. The summed E-state index contributed by atoms with van der Waals surface area (Å²) < 4.78 is 2.02. The number of thiophene rings is 1. The maximum Gasteiger partial charge on any atom is 0.0950 e. The summed E-state index contributed by atoms with van der Waals surface area (Å²) >= 11 is 1.79. The molecule has 0 spiro atoms. The lowest BCUT2D eigenvalue weighted by molar-refractivity contribution is 0.681. The highest BCUT2D eigenvalue weighted by Gasteiger charge is 2.01. The van der Waals surface area contributed by atoms with E-state index in [-0.39, 0.29) is 0 Å². The van der Waals surface area contributed by atoms with Gasteiger partial charge in [0.05, 0.1) is 12.0 Å². The fourth-order valence-corrected chi connectivity index (χ4v) is 2.53. The van der Waals surface area contributed by atoms with Crippen LogP contribution in [-0.4, -0.2) is 16.1 Å². The molecule has 0 aliphatic carbocycles. The van der Waals surface area contributed by atoms with Gasteiger partial charge in [0.15, 0.2) is 0 Å². The Morgan fingerprint density at radius 1 is 1.47 bits per heavy atom. The molecule has 0 aliphatic heterocycles. The number of nitrogens with two attached hydrogens (primary N) is 1. The molecule has 2 heterocycles. The third kappa shape index (κ3) is 3.39. The zero-order chi connectivity index (χ0) is 12.1.